The summed E-state index contributed by atoms with van der Waals surface area (Å²) in [5, 5.41) is 0.194. The van der Waals surface area contributed by atoms with Crippen molar-refractivity contribution in [3.8, 4) is 11.3 Å². The third-order valence-corrected chi connectivity index (χ3v) is 21.4. The van der Waals surface area contributed by atoms with Crippen LogP contribution >= 0.6 is 7.69 Å². The summed E-state index contributed by atoms with van der Waals surface area (Å²) in [6, 6.07) is 4.44. The Morgan fingerprint density at radius 2 is 1.12 bits per heavy atom. The molecule has 0 bridgehead atoms. The fourth-order valence-electron chi connectivity index (χ4n) is 4.26. The molecule has 0 aliphatic heterocycles. The summed E-state index contributed by atoms with van der Waals surface area (Å²) in [5.74, 6) is -1.40. The molecule has 0 saturated carbocycles. The van der Waals surface area contributed by atoms with E-state index >= 15 is 0 Å². The predicted molar refractivity (Wildman–Crippen MR) is 145 cm³/mol. The second-order valence-electron chi connectivity index (χ2n) is 9.71. The average Bonchev–Trinajstić information content (AvgIpc) is 3.35. The summed E-state index contributed by atoms with van der Waals surface area (Å²) in [5.41, 5.74) is -0.291. The van der Waals surface area contributed by atoms with Crippen LogP contribution in [-0.4, -0.2) is 47.1 Å². The van der Waals surface area contributed by atoms with Gasteiger partial charge in [0.15, 0.2) is 0 Å². The molecule has 1 atom stereocenters. The van der Waals surface area contributed by atoms with Crippen molar-refractivity contribution in [2.45, 2.75) is 50.4 Å². The quantitative estimate of drug-likeness (QED) is 0.142. The molecule has 2 rings (SSSR count). The Morgan fingerprint density at radius 1 is 0.767 bits per heavy atom. The normalized spacial score (nSPS) is 10.1. The van der Waals surface area contributed by atoms with E-state index in [0.717, 1.165) is 12.1 Å². The molecule has 0 aliphatic rings. The first-order valence-corrected chi connectivity index (χ1v) is 19.5. The number of ether oxygens (including phenoxy) is 2. The molecule has 2 aromatic rings. The number of benzene rings is 1. The SMILES string of the molecule is COC(=O)c1c(-c2ccc(C(F)(F)F)cc2)np(C([Si](C)(C)C)[Si](C)(C)C)c1C(=O)OC.[C-]#[O+].[C-]#[O+].[C-]#[O+].[C-]#[O+].[C-]#[O+].[W]. The van der Waals surface area contributed by atoms with Gasteiger partial charge in [0.1, 0.15) is 10.9 Å². The predicted octanol–water partition coefficient (Wildman–Crippen LogP) is 6.43. The zero-order valence-corrected chi connectivity index (χ0v) is 30.3. The van der Waals surface area contributed by atoms with Crippen molar-refractivity contribution in [3.05, 3.63) is 73.9 Å². The summed E-state index contributed by atoms with van der Waals surface area (Å²) in [6.45, 7) is 35.7. The summed E-state index contributed by atoms with van der Waals surface area (Å²) < 4.78 is 91.5. The van der Waals surface area contributed by atoms with E-state index in [1.165, 1.54) is 26.4 Å². The smallest absolute Gasteiger partial charge is 0 e. The van der Waals surface area contributed by atoms with Gasteiger partial charge in [-0.25, -0.2) is 14.3 Å². The van der Waals surface area contributed by atoms with Crippen molar-refractivity contribution in [2.24, 2.45) is 0 Å². The molecule has 17 heteroatoms. The summed E-state index contributed by atoms with van der Waals surface area (Å²) in [6.07, 6.45) is -4.48. The second kappa shape index (κ2) is 23.9. The third-order valence-electron chi connectivity index (χ3n) is 5.05. The van der Waals surface area contributed by atoms with Gasteiger partial charge in [0.05, 0.1) is 41.6 Å². The number of carbonyl (C=O) groups is 2. The van der Waals surface area contributed by atoms with Gasteiger partial charge in [-0.05, 0) is 19.8 Å². The molecule has 1 aromatic heterocycles. The minimum Gasteiger partial charge on any atom is 0 e. The van der Waals surface area contributed by atoms with Gasteiger partial charge in [-0.2, -0.15) is 13.2 Å². The minimum absolute atomic E-state index is 0. The Morgan fingerprint density at radius 3 is 1.40 bits per heavy atom. The van der Waals surface area contributed by atoms with Crippen LogP contribution in [0.3, 0.4) is 0 Å². The Bertz CT molecular complexity index is 1190. The number of halogens is 3. The molecule has 0 amide bonds. The maximum absolute atomic E-state index is 13.0. The Labute approximate surface area is 266 Å². The van der Waals surface area contributed by atoms with Crippen molar-refractivity contribution in [3.63, 3.8) is 0 Å². The minimum atomic E-state index is -4.48. The fraction of sp³-hybridized carbons (Fsp3) is 0.385. The van der Waals surface area contributed by atoms with Gasteiger partial charge >= 0.3 is 74.6 Å². The fourth-order valence-corrected chi connectivity index (χ4v) is 23.3. The van der Waals surface area contributed by atoms with Gasteiger partial charge < -0.3 is 9.47 Å². The van der Waals surface area contributed by atoms with Crippen LogP contribution in [0.4, 0.5) is 13.2 Å². The average molecular weight is 827 g/mol. The number of hydrogen-bond acceptors (Lipinski definition) is 5. The molecule has 0 aliphatic carbocycles. The van der Waals surface area contributed by atoms with Crippen LogP contribution in [0.1, 0.15) is 30.9 Å². The van der Waals surface area contributed by atoms with Crippen LogP contribution < -0.4 is 0 Å². The maximum atomic E-state index is 13.0. The molecular weight excluding hydrogens is 798 g/mol. The van der Waals surface area contributed by atoms with E-state index in [2.05, 4.69) is 72.5 Å². The van der Waals surface area contributed by atoms with Crippen LogP contribution in [-0.2, 0) is 60.0 Å². The van der Waals surface area contributed by atoms with Crippen molar-refractivity contribution in [1.29, 1.82) is 0 Å². The van der Waals surface area contributed by atoms with Gasteiger partial charge in [0, 0.05) is 31.5 Å². The number of methoxy groups -OCH3 is 2. The number of hydrogen-bond donors (Lipinski definition) is 0. The first kappa shape index (κ1) is 50.1. The molecule has 0 N–H and O–H groups in total. The number of esters is 2. The monoisotopic (exact) mass is 827 g/mol. The topological polar surface area (TPSA) is 165 Å². The zero-order valence-electron chi connectivity index (χ0n) is 24.5. The molecule has 43 heavy (non-hydrogen) atoms. The van der Waals surface area contributed by atoms with Gasteiger partial charge in [0.25, 0.3) is 0 Å². The molecular formula is C26H29F3NO9PSi2W. The molecule has 1 unspecified atom stereocenters. The number of carbonyl (C=O) groups excluding carboxylic acids is 2. The second-order valence-corrected chi connectivity index (χ2v) is 23.7. The van der Waals surface area contributed by atoms with Crippen molar-refractivity contribution in [2.75, 3.05) is 14.2 Å². The van der Waals surface area contributed by atoms with E-state index < -0.39 is 47.5 Å². The molecule has 1 heterocycles. The van der Waals surface area contributed by atoms with E-state index in [4.69, 9.17) is 37.5 Å². The maximum Gasteiger partial charge on any atom is 0 e. The van der Waals surface area contributed by atoms with Crippen LogP contribution in [0.25, 0.3) is 11.3 Å². The number of aromatic nitrogens is 1. The van der Waals surface area contributed by atoms with Crippen LogP contribution in [0.2, 0.25) is 39.3 Å². The molecule has 0 saturated heterocycles. The third kappa shape index (κ3) is 14.7. The van der Waals surface area contributed by atoms with E-state index in [1.54, 1.807) is 0 Å². The van der Waals surface area contributed by atoms with Crippen molar-refractivity contribution in [1.82, 2.24) is 4.75 Å². The molecule has 0 spiro atoms. The van der Waals surface area contributed by atoms with Crippen molar-refractivity contribution >= 4 is 35.8 Å². The van der Waals surface area contributed by atoms with Crippen LogP contribution in [0, 0.1) is 33.3 Å². The largest absolute Gasteiger partial charge is 0 e. The van der Waals surface area contributed by atoms with E-state index in [1.807, 2.05) is 0 Å². The Balaban J connectivity index is -0.000000395. The molecule has 0 radical (unpaired) electrons. The van der Waals surface area contributed by atoms with E-state index in [-0.39, 0.29) is 42.5 Å². The Hall–Kier alpha value is -2.52. The molecule has 0 fully saturated rings. The first-order chi connectivity index (χ1) is 19.5. The summed E-state index contributed by atoms with van der Waals surface area (Å²) in [4.78, 5) is 25.9. The molecule has 1 aromatic carbocycles. The van der Waals surface area contributed by atoms with Gasteiger partial charge in [-0.1, -0.05) is 51.4 Å². The summed E-state index contributed by atoms with van der Waals surface area (Å²) >= 11 is 0. The van der Waals surface area contributed by atoms with E-state index in [0.29, 0.717) is 5.56 Å². The number of nitrogens with zero attached hydrogens (tertiary/aromatic N) is 1. The molecule has 10 nitrogen and oxygen atoms in total. The van der Waals surface area contributed by atoms with Crippen LogP contribution in [0.5, 0.6) is 0 Å². The van der Waals surface area contributed by atoms with Gasteiger partial charge in [0.2, 0.25) is 0 Å². The molecule has 232 valence electrons. The van der Waals surface area contributed by atoms with Gasteiger partial charge in [-0.15, -0.1) is 0 Å². The Kier molecular flexibility index (Phi) is 27.8. The van der Waals surface area contributed by atoms with Crippen LogP contribution in [0.15, 0.2) is 24.3 Å². The van der Waals surface area contributed by atoms with Gasteiger partial charge in [-0.3, -0.25) is 0 Å². The zero-order chi connectivity index (χ0) is 34.6. The first-order valence-electron chi connectivity index (χ1n) is 11.0. The summed E-state index contributed by atoms with van der Waals surface area (Å²) in [7, 11) is -2.80. The van der Waals surface area contributed by atoms with E-state index in [9.17, 15) is 22.8 Å². The number of alkyl halides is 3. The van der Waals surface area contributed by atoms with Crippen molar-refractivity contribution < 1.29 is 76.6 Å². The number of rotatable bonds is 6. The standard InChI is InChI=1S/C21H29F3NO4PSi2.5CO.W/c1-28-18(26)15-16(13-9-11-14(12-10-13)21(22,23)24)25-30(17(15)19(27)29-2)20(31(3,4)5)32(6,7)8;5*1-2;/h9-12,20H,1-8H3;;;;;;.